The van der Waals surface area contributed by atoms with Gasteiger partial charge in [-0.15, -0.1) is 0 Å². The Kier molecular flexibility index (Phi) is 7.95. The van der Waals surface area contributed by atoms with E-state index >= 15 is 0 Å². The molecule has 5 nitrogen and oxygen atoms in total. The number of aliphatic hydroxyl groups excluding tert-OH is 1. The van der Waals surface area contributed by atoms with E-state index in [1.165, 1.54) is 38.5 Å². The van der Waals surface area contributed by atoms with Crippen LogP contribution in [-0.2, 0) is 11.3 Å². The van der Waals surface area contributed by atoms with Gasteiger partial charge in [-0.05, 0) is 41.5 Å². The van der Waals surface area contributed by atoms with Gasteiger partial charge < -0.3 is 24.6 Å². The number of aliphatic hydroxyl groups is 1. The second-order valence-electron chi connectivity index (χ2n) is 8.52. The van der Waals surface area contributed by atoms with Crippen molar-refractivity contribution in [2.75, 3.05) is 20.8 Å². The molecule has 1 fully saturated rings. The molecule has 0 saturated carbocycles. The quantitative estimate of drug-likeness (QED) is 0.488. The van der Waals surface area contributed by atoms with Crippen LogP contribution in [0.3, 0.4) is 0 Å². The molecule has 0 amide bonds. The number of methoxy groups -OCH3 is 2. The first-order chi connectivity index (χ1) is 16.9. The van der Waals surface area contributed by atoms with Gasteiger partial charge >= 0.3 is 0 Å². The molecule has 3 unspecified atom stereocenters. The molecule has 3 aromatic rings. The van der Waals surface area contributed by atoms with E-state index in [2.05, 4.69) is 5.32 Å². The Hall–Kier alpha value is -3.07. The molecule has 2 N–H and O–H groups in total. The number of nitrogens with one attached hydrogen (secondary N) is 1. The van der Waals surface area contributed by atoms with Gasteiger partial charge in [0.05, 0.1) is 39.1 Å². The smallest absolute Gasteiger partial charge is 0.197 e. The Morgan fingerprint density at radius 2 is 1.51 bits per heavy atom. The van der Waals surface area contributed by atoms with Crippen LogP contribution >= 0.6 is 0 Å². The summed E-state index contributed by atoms with van der Waals surface area (Å²) >= 11 is 0. The van der Waals surface area contributed by atoms with Crippen LogP contribution in [0.15, 0.2) is 60.7 Å². The summed E-state index contributed by atoms with van der Waals surface area (Å²) in [6.07, 6.45) is -0.914. The third-order valence-corrected chi connectivity index (χ3v) is 6.38. The van der Waals surface area contributed by atoms with Gasteiger partial charge in [0, 0.05) is 24.4 Å². The highest BCUT2D eigenvalue weighted by Gasteiger charge is 2.36. The molecule has 1 saturated heterocycles. The zero-order valence-corrected chi connectivity index (χ0v) is 19.5. The molecular weight excluding hydrogens is 459 g/mol. The molecule has 8 heteroatoms. The van der Waals surface area contributed by atoms with Crippen LogP contribution in [0.4, 0.5) is 13.2 Å². The summed E-state index contributed by atoms with van der Waals surface area (Å²) in [6.45, 7) is 0.334. The maximum atomic E-state index is 14.8. The van der Waals surface area contributed by atoms with Crippen molar-refractivity contribution in [1.82, 2.24) is 5.32 Å². The Bertz CT molecular complexity index is 1080. The molecule has 0 aromatic heterocycles. The zero-order chi connectivity index (χ0) is 24.9. The molecule has 3 aromatic carbocycles. The van der Waals surface area contributed by atoms with Crippen molar-refractivity contribution >= 4 is 0 Å². The molecule has 0 bridgehead atoms. The number of rotatable bonds is 8. The first-order valence-electron chi connectivity index (χ1n) is 11.3. The molecule has 1 aliphatic rings. The first-order valence-corrected chi connectivity index (χ1v) is 11.3. The monoisotopic (exact) mass is 487 g/mol. The van der Waals surface area contributed by atoms with E-state index in [-0.39, 0.29) is 42.9 Å². The van der Waals surface area contributed by atoms with Crippen LogP contribution in [0.5, 0.6) is 11.5 Å². The molecule has 3 atom stereocenters. The van der Waals surface area contributed by atoms with E-state index in [0.717, 1.165) is 11.1 Å². The average molecular weight is 488 g/mol. The van der Waals surface area contributed by atoms with E-state index < -0.39 is 24.1 Å². The second kappa shape index (κ2) is 11.1. The summed E-state index contributed by atoms with van der Waals surface area (Å²) in [5, 5.41) is 14.1. The predicted molar refractivity (Wildman–Crippen MR) is 125 cm³/mol. The summed E-state index contributed by atoms with van der Waals surface area (Å²) in [6, 6.07) is 14.9. The van der Waals surface area contributed by atoms with Gasteiger partial charge in [-0.3, -0.25) is 0 Å². The van der Waals surface area contributed by atoms with Crippen LogP contribution in [0.25, 0.3) is 0 Å². The highest BCUT2D eigenvalue weighted by atomic mass is 19.1. The minimum absolute atomic E-state index is 0.0220. The number of hydrogen-bond acceptors (Lipinski definition) is 5. The fraction of sp³-hybridized carbons (Fsp3) is 0.333. The normalized spacial score (nSPS) is 20.1. The number of ether oxygens (including phenoxy) is 3. The maximum Gasteiger partial charge on any atom is 0.197 e. The first kappa shape index (κ1) is 25.0. The fourth-order valence-electron chi connectivity index (χ4n) is 4.51. The van der Waals surface area contributed by atoms with E-state index in [4.69, 9.17) is 14.2 Å². The molecule has 0 radical (unpaired) electrons. The zero-order valence-electron chi connectivity index (χ0n) is 19.5. The summed E-state index contributed by atoms with van der Waals surface area (Å²) in [4.78, 5) is 0. The van der Waals surface area contributed by atoms with E-state index in [9.17, 15) is 18.3 Å². The van der Waals surface area contributed by atoms with Crippen molar-refractivity contribution in [3.8, 4) is 11.5 Å². The number of halogens is 3. The Morgan fingerprint density at radius 3 is 2.03 bits per heavy atom. The largest absolute Gasteiger partial charge is 0.493 e. The molecular formula is C27H28F3NO4. The molecule has 1 aliphatic heterocycles. The second-order valence-corrected chi connectivity index (χ2v) is 8.52. The third-order valence-electron chi connectivity index (χ3n) is 6.38. The number of benzene rings is 3. The van der Waals surface area contributed by atoms with Gasteiger partial charge in [0.15, 0.2) is 17.3 Å². The Labute approximate surface area is 202 Å². The highest BCUT2D eigenvalue weighted by Crippen LogP contribution is 2.35. The summed E-state index contributed by atoms with van der Waals surface area (Å²) < 4.78 is 58.2. The SMILES string of the molecule is COc1ccc(CNC2COC(C(c3ccc(F)cc3)c3ccc(F)cc3)CC2O)c(F)c1OC. The van der Waals surface area contributed by atoms with Gasteiger partial charge in [0.25, 0.3) is 0 Å². The lowest BCUT2D eigenvalue weighted by atomic mass is 9.82. The van der Waals surface area contributed by atoms with Crippen molar-refractivity contribution in [3.05, 3.63) is 94.8 Å². The average Bonchev–Trinajstić information content (AvgIpc) is 2.86. The Balaban J connectivity index is 1.47. The molecule has 0 spiro atoms. The van der Waals surface area contributed by atoms with Crippen molar-refractivity contribution in [3.63, 3.8) is 0 Å². The van der Waals surface area contributed by atoms with Gasteiger partial charge in [-0.1, -0.05) is 30.3 Å². The minimum atomic E-state index is -0.777. The van der Waals surface area contributed by atoms with E-state index in [0.29, 0.717) is 11.3 Å². The van der Waals surface area contributed by atoms with Crippen molar-refractivity contribution < 1.29 is 32.5 Å². The van der Waals surface area contributed by atoms with Gasteiger partial charge in [-0.25, -0.2) is 13.2 Å². The van der Waals surface area contributed by atoms with E-state index in [1.807, 2.05) is 0 Å². The van der Waals surface area contributed by atoms with Crippen molar-refractivity contribution in [2.24, 2.45) is 0 Å². The molecule has 186 valence electrons. The van der Waals surface area contributed by atoms with Gasteiger partial charge in [-0.2, -0.15) is 0 Å². The summed E-state index contributed by atoms with van der Waals surface area (Å²) in [5.41, 5.74) is 1.97. The van der Waals surface area contributed by atoms with Crippen LogP contribution < -0.4 is 14.8 Å². The maximum absolute atomic E-state index is 14.8. The van der Waals surface area contributed by atoms with Crippen molar-refractivity contribution in [2.45, 2.75) is 37.1 Å². The summed E-state index contributed by atoms with van der Waals surface area (Å²) in [7, 11) is 2.81. The van der Waals surface area contributed by atoms with Gasteiger partial charge in [0.2, 0.25) is 0 Å². The predicted octanol–water partition coefficient (Wildman–Crippen LogP) is 4.56. The lowest BCUT2D eigenvalue weighted by Gasteiger charge is -2.38. The minimum Gasteiger partial charge on any atom is -0.493 e. The third kappa shape index (κ3) is 5.61. The fourth-order valence-corrected chi connectivity index (χ4v) is 4.51. The van der Waals surface area contributed by atoms with Crippen molar-refractivity contribution in [1.29, 1.82) is 0 Å². The summed E-state index contributed by atoms with van der Waals surface area (Å²) in [5.74, 6) is -1.25. The van der Waals surface area contributed by atoms with Crippen LogP contribution in [0.1, 0.15) is 29.0 Å². The molecule has 35 heavy (non-hydrogen) atoms. The van der Waals surface area contributed by atoms with Crippen LogP contribution in [0.2, 0.25) is 0 Å². The number of hydrogen-bond donors (Lipinski definition) is 2. The Morgan fingerprint density at radius 1 is 0.914 bits per heavy atom. The topological polar surface area (TPSA) is 60.0 Å². The molecule has 0 aliphatic carbocycles. The van der Waals surface area contributed by atoms with Gasteiger partial charge in [0.1, 0.15) is 11.6 Å². The lowest BCUT2D eigenvalue weighted by molar-refractivity contribution is -0.0718. The van der Waals surface area contributed by atoms with E-state index in [1.54, 1.807) is 36.4 Å². The van der Waals surface area contributed by atoms with Crippen LogP contribution in [0, 0.1) is 17.5 Å². The molecule has 4 rings (SSSR count). The van der Waals surface area contributed by atoms with Crippen LogP contribution in [-0.4, -0.2) is 44.2 Å². The lowest BCUT2D eigenvalue weighted by Crippen LogP contribution is -2.50. The highest BCUT2D eigenvalue weighted by molar-refractivity contribution is 5.44. The standard InChI is InChI=1S/C27H28F3NO4/c1-33-23-12-7-18(26(30)27(23)34-2)14-31-21-15-35-24(13-22(21)32)25(16-3-8-19(28)9-4-16)17-5-10-20(29)11-6-17/h3-12,21-22,24-25,31-32H,13-15H2,1-2H3. The molecule has 1 heterocycles.